The maximum absolute atomic E-state index is 12.8. The number of hydrogen-bond donors (Lipinski definition) is 1. The van der Waals surface area contributed by atoms with Crippen molar-refractivity contribution in [3.63, 3.8) is 0 Å². The molecule has 0 saturated heterocycles. The second kappa shape index (κ2) is 8.50. The monoisotopic (exact) mass is 384 g/mol. The average Bonchev–Trinajstić information content (AvgIpc) is 2.69. The Hall–Kier alpha value is -2.76. The van der Waals surface area contributed by atoms with E-state index in [0.29, 0.717) is 24.2 Å². The van der Waals surface area contributed by atoms with E-state index in [1.807, 2.05) is 24.3 Å². The topological polar surface area (TPSA) is 81.9 Å². The van der Waals surface area contributed by atoms with Crippen molar-refractivity contribution < 1.29 is 19.1 Å². The van der Waals surface area contributed by atoms with Crippen LogP contribution in [0.15, 0.2) is 47.1 Å². The highest BCUT2D eigenvalue weighted by molar-refractivity contribution is 6.03. The minimum absolute atomic E-state index is 0.00775. The highest BCUT2D eigenvalue weighted by Gasteiger charge is 2.41. The number of hydrogen-bond acceptors (Lipinski definition) is 6. The molecule has 0 unspecified atom stereocenters. The van der Waals surface area contributed by atoms with E-state index in [1.54, 1.807) is 6.92 Å². The van der Waals surface area contributed by atoms with E-state index in [2.05, 4.69) is 18.7 Å². The summed E-state index contributed by atoms with van der Waals surface area (Å²) in [6, 6.07) is 7.96. The number of nitrogens with two attached hydrogens (primary N) is 1. The molecule has 0 saturated carbocycles. The number of esters is 1. The van der Waals surface area contributed by atoms with Gasteiger partial charge in [0, 0.05) is 37.2 Å². The highest BCUT2D eigenvalue weighted by Crippen LogP contribution is 2.44. The number of rotatable bonds is 6. The van der Waals surface area contributed by atoms with Gasteiger partial charge in [-0.25, -0.2) is 4.79 Å². The predicted molar refractivity (Wildman–Crippen MR) is 108 cm³/mol. The van der Waals surface area contributed by atoms with Crippen LogP contribution in [0.5, 0.6) is 0 Å². The first-order valence-corrected chi connectivity index (χ1v) is 9.97. The Morgan fingerprint density at radius 3 is 2.46 bits per heavy atom. The molecule has 0 aromatic heterocycles. The molecule has 3 rings (SSSR count). The van der Waals surface area contributed by atoms with Gasteiger partial charge in [-0.3, -0.25) is 4.79 Å². The SMILES string of the molecule is CCOC(=O)C1=C(N)OC2=C(C(=O)CCC2)[C@H]1c1ccc(N(CC)CC)cc1. The number of benzene rings is 1. The number of nitrogens with zero attached hydrogens (tertiary/aromatic N) is 1. The standard InChI is InChI=1S/C22H28N2O4/c1-4-24(5-2)15-12-10-14(11-13-15)18-19-16(25)8-7-9-17(19)28-21(23)20(18)22(26)27-6-3/h10-13,18H,4-9,23H2,1-3H3/t18-/m1/s1. The second-order valence-electron chi connectivity index (χ2n) is 6.91. The van der Waals surface area contributed by atoms with Crippen LogP contribution in [0.2, 0.25) is 0 Å². The molecule has 1 heterocycles. The molecular weight excluding hydrogens is 356 g/mol. The summed E-state index contributed by atoms with van der Waals surface area (Å²) >= 11 is 0. The van der Waals surface area contributed by atoms with Gasteiger partial charge in [0.15, 0.2) is 5.78 Å². The molecule has 6 nitrogen and oxygen atoms in total. The molecule has 0 fully saturated rings. The molecule has 0 amide bonds. The van der Waals surface area contributed by atoms with Gasteiger partial charge in [-0.15, -0.1) is 0 Å². The van der Waals surface area contributed by atoms with E-state index in [1.165, 1.54) is 0 Å². The third kappa shape index (κ3) is 3.63. The van der Waals surface area contributed by atoms with Gasteiger partial charge in [0.1, 0.15) is 11.3 Å². The Bertz CT molecular complexity index is 819. The van der Waals surface area contributed by atoms with E-state index in [4.69, 9.17) is 15.2 Å². The van der Waals surface area contributed by atoms with Crippen molar-refractivity contribution in [3.8, 4) is 0 Å². The van der Waals surface area contributed by atoms with Crippen LogP contribution in [0.3, 0.4) is 0 Å². The molecule has 1 aromatic rings. The lowest BCUT2D eigenvalue weighted by molar-refractivity contribution is -0.139. The Morgan fingerprint density at radius 1 is 1.18 bits per heavy atom. The summed E-state index contributed by atoms with van der Waals surface area (Å²) < 4.78 is 10.9. The molecule has 1 aromatic carbocycles. The van der Waals surface area contributed by atoms with Crippen LogP contribution in [0.4, 0.5) is 5.69 Å². The first-order chi connectivity index (χ1) is 13.5. The van der Waals surface area contributed by atoms with Gasteiger partial charge < -0.3 is 20.1 Å². The summed E-state index contributed by atoms with van der Waals surface area (Å²) in [5, 5.41) is 0. The largest absolute Gasteiger partial charge is 0.462 e. The molecule has 150 valence electrons. The van der Waals surface area contributed by atoms with Crippen LogP contribution in [-0.2, 0) is 19.1 Å². The third-order valence-electron chi connectivity index (χ3n) is 5.33. The molecule has 0 bridgehead atoms. The van der Waals surface area contributed by atoms with E-state index >= 15 is 0 Å². The maximum atomic E-state index is 12.8. The zero-order valence-corrected chi connectivity index (χ0v) is 16.8. The fraction of sp³-hybridized carbons (Fsp3) is 0.455. The van der Waals surface area contributed by atoms with Crippen molar-refractivity contribution in [2.45, 2.75) is 46.0 Å². The zero-order chi connectivity index (χ0) is 20.3. The Kier molecular flexibility index (Phi) is 6.07. The minimum atomic E-state index is -0.554. The minimum Gasteiger partial charge on any atom is -0.462 e. The van der Waals surface area contributed by atoms with Gasteiger partial charge in [0.2, 0.25) is 5.88 Å². The van der Waals surface area contributed by atoms with E-state index in [0.717, 1.165) is 30.8 Å². The Labute approximate surface area is 166 Å². The molecule has 2 N–H and O–H groups in total. The smallest absolute Gasteiger partial charge is 0.340 e. The Balaban J connectivity index is 2.08. The molecule has 1 aliphatic heterocycles. The summed E-state index contributed by atoms with van der Waals surface area (Å²) in [6.45, 7) is 7.99. The normalized spacial score (nSPS) is 19.2. The van der Waals surface area contributed by atoms with Crippen LogP contribution >= 0.6 is 0 Å². The lowest BCUT2D eigenvalue weighted by atomic mass is 9.77. The maximum Gasteiger partial charge on any atom is 0.340 e. The fourth-order valence-electron chi connectivity index (χ4n) is 3.96. The third-order valence-corrected chi connectivity index (χ3v) is 5.33. The van der Waals surface area contributed by atoms with Crippen LogP contribution in [0.1, 0.15) is 51.5 Å². The summed E-state index contributed by atoms with van der Waals surface area (Å²) in [6.07, 6.45) is 1.82. The van der Waals surface area contributed by atoms with Crippen LogP contribution in [0, 0.1) is 0 Å². The number of carbonyl (C=O) groups excluding carboxylic acids is 2. The summed E-state index contributed by atoms with van der Waals surface area (Å²) in [5.74, 6) is -0.471. The van der Waals surface area contributed by atoms with Gasteiger partial charge in [-0.05, 0) is 44.9 Å². The van der Waals surface area contributed by atoms with Gasteiger partial charge in [-0.2, -0.15) is 0 Å². The van der Waals surface area contributed by atoms with E-state index in [9.17, 15) is 9.59 Å². The van der Waals surface area contributed by atoms with Gasteiger partial charge in [0.25, 0.3) is 0 Å². The molecule has 6 heteroatoms. The van der Waals surface area contributed by atoms with Gasteiger partial charge in [0.05, 0.1) is 12.5 Å². The molecule has 2 aliphatic rings. The molecule has 1 aliphatic carbocycles. The summed E-state index contributed by atoms with van der Waals surface area (Å²) in [5.41, 5.74) is 8.81. The van der Waals surface area contributed by atoms with Crippen LogP contribution in [0.25, 0.3) is 0 Å². The first kappa shape index (κ1) is 20.0. The molecule has 0 spiro atoms. The number of allylic oxidation sites excluding steroid dienone is 2. The zero-order valence-electron chi connectivity index (χ0n) is 16.8. The van der Waals surface area contributed by atoms with Gasteiger partial charge in [-0.1, -0.05) is 12.1 Å². The number of ether oxygens (including phenoxy) is 2. The Morgan fingerprint density at radius 2 is 1.86 bits per heavy atom. The van der Waals surface area contributed by atoms with Crippen molar-refractivity contribution in [1.29, 1.82) is 0 Å². The molecule has 1 atom stereocenters. The quantitative estimate of drug-likeness (QED) is 0.757. The van der Waals surface area contributed by atoms with Crippen LogP contribution < -0.4 is 10.6 Å². The molecule has 28 heavy (non-hydrogen) atoms. The van der Waals surface area contributed by atoms with Crippen molar-refractivity contribution in [3.05, 3.63) is 52.6 Å². The van der Waals surface area contributed by atoms with Crippen molar-refractivity contribution in [2.24, 2.45) is 5.73 Å². The van der Waals surface area contributed by atoms with Gasteiger partial charge >= 0.3 is 5.97 Å². The number of ketones is 1. The number of Topliss-reactive ketones (excluding diaryl/α,β-unsaturated/α-hetero) is 1. The van der Waals surface area contributed by atoms with Crippen LogP contribution in [-0.4, -0.2) is 31.4 Å². The summed E-state index contributed by atoms with van der Waals surface area (Å²) in [4.78, 5) is 27.6. The number of carbonyl (C=O) groups is 2. The van der Waals surface area contributed by atoms with E-state index < -0.39 is 11.9 Å². The fourth-order valence-corrected chi connectivity index (χ4v) is 3.96. The number of anilines is 1. The first-order valence-electron chi connectivity index (χ1n) is 9.97. The molecule has 0 radical (unpaired) electrons. The van der Waals surface area contributed by atoms with Crippen molar-refractivity contribution >= 4 is 17.4 Å². The second-order valence-corrected chi connectivity index (χ2v) is 6.91. The highest BCUT2D eigenvalue weighted by atomic mass is 16.5. The van der Waals surface area contributed by atoms with Crippen molar-refractivity contribution in [2.75, 3.05) is 24.6 Å². The summed E-state index contributed by atoms with van der Waals surface area (Å²) in [7, 11) is 0. The van der Waals surface area contributed by atoms with E-state index in [-0.39, 0.29) is 23.8 Å². The predicted octanol–water partition coefficient (Wildman–Crippen LogP) is 3.39. The lowest BCUT2D eigenvalue weighted by Crippen LogP contribution is -2.31. The average molecular weight is 384 g/mol. The van der Waals surface area contributed by atoms with Crippen molar-refractivity contribution in [1.82, 2.24) is 0 Å². The lowest BCUT2D eigenvalue weighted by Gasteiger charge is -2.32. The molecular formula is C22H28N2O4.